The van der Waals surface area contributed by atoms with Gasteiger partial charge in [0.15, 0.2) is 9.84 Å². The van der Waals surface area contributed by atoms with Crippen molar-refractivity contribution < 1.29 is 17.6 Å². The maximum absolute atomic E-state index is 13.2. The fourth-order valence-corrected chi connectivity index (χ4v) is 4.49. The molecule has 1 aliphatic rings. The van der Waals surface area contributed by atoms with Gasteiger partial charge in [0.1, 0.15) is 5.82 Å². The van der Waals surface area contributed by atoms with Crippen molar-refractivity contribution in [1.82, 2.24) is 4.90 Å². The molecule has 1 unspecified atom stereocenters. The number of amides is 1. The third-order valence-electron chi connectivity index (χ3n) is 4.01. The molecular weight excluding hydrogens is 317 g/mol. The van der Waals surface area contributed by atoms with Gasteiger partial charge in [0.05, 0.1) is 10.1 Å². The molecule has 0 N–H and O–H groups in total. The Hall–Kier alpha value is -2.21. The van der Waals surface area contributed by atoms with E-state index in [-0.39, 0.29) is 22.9 Å². The minimum Gasteiger partial charge on any atom is -0.337 e. The van der Waals surface area contributed by atoms with Gasteiger partial charge in [0.2, 0.25) is 0 Å². The molecule has 23 heavy (non-hydrogen) atoms. The second-order valence-corrected chi connectivity index (χ2v) is 7.76. The molecule has 0 saturated carbocycles. The van der Waals surface area contributed by atoms with Gasteiger partial charge in [-0.25, -0.2) is 12.8 Å². The van der Waals surface area contributed by atoms with Gasteiger partial charge in [-0.2, -0.15) is 0 Å². The quantitative estimate of drug-likeness (QED) is 0.867. The molecule has 120 valence electrons. The molecule has 0 bridgehead atoms. The molecule has 1 heterocycles. The molecular formula is C17H16FNO3S. The van der Waals surface area contributed by atoms with Crippen LogP contribution in [0.1, 0.15) is 16.8 Å². The minimum absolute atomic E-state index is 0.132. The molecule has 1 saturated heterocycles. The van der Waals surface area contributed by atoms with Gasteiger partial charge >= 0.3 is 0 Å². The van der Waals surface area contributed by atoms with Crippen LogP contribution in [0.5, 0.6) is 0 Å². The number of sulfone groups is 1. The smallest absolute Gasteiger partial charge is 0.253 e. The van der Waals surface area contributed by atoms with Crippen LogP contribution in [0.2, 0.25) is 0 Å². The van der Waals surface area contributed by atoms with Crippen molar-refractivity contribution >= 4 is 15.7 Å². The van der Waals surface area contributed by atoms with E-state index in [0.29, 0.717) is 13.0 Å². The van der Waals surface area contributed by atoms with Crippen molar-refractivity contribution in [2.75, 3.05) is 13.1 Å². The van der Waals surface area contributed by atoms with Crippen LogP contribution in [0.4, 0.5) is 4.39 Å². The molecule has 1 aliphatic heterocycles. The third-order valence-corrected chi connectivity index (χ3v) is 6.21. The zero-order chi connectivity index (χ0) is 16.4. The van der Waals surface area contributed by atoms with Crippen molar-refractivity contribution in [2.24, 2.45) is 0 Å². The van der Waals surface area contributed by atoms with Gasteiger partial charge in [-0.3, -0.25) is 4.79 Å². The highest BCUT2D eigenvalue weighted by Crippen LogP contribution is 2.25. The number of halogens is 1. The maximum Gasteiger partial charge on any atom is 0.253 e. The monoisotopic (exact) mass is 333 g/mol. The summed E-state index contributed by atoms with van der Waals surface area (Å²) in [4.78, 5) is 14.1. The number of likely N-dealkylation sites (tertiary alicyclic amines) is 1. The average Bonchev–Trinajstić information content (AvgIpc) is 3.06. The van der Waals surface area contributed by atoms with Gasteiger partial charge < -0.3 is 4.90 Å². The molecule has 1 atom stereocenters. The fraction of sp³-hybridized carbons (Fsp3) is 0.235. The van der Waals surface area contributed by atoms with Crippen LogP contribution >= 0.6 is 0 Å². The summed E-state index contributed by atoms with van der Waals surface area (Å²) in [6.45, 7) is 0.485. The van der Waals surface area contributed by atoms with E-state index < -0.39 is 20.9 Å². The summed E-state index contributed by atoms with van der Waals surface area (Å²) in [6.07, 6.45) is 0.387. The van der Waals surface area contributed by atoms with Crippen LogP contribution < -0.4 is 0 Å². The summed E-state index contributed by atoms with van der Waals surface area (Å²) >= 11 is 0. The second kappa shape index (κ2) is 6.12. The van der Waals surface area contributed by atoms with Crippen molar-refractivity contribution in [1.29, 1.82) is 0 Å². The van der Waals surface area contributed by atoms with Gasteiger partial charge in [0.25, 0.3) is 5.91 Å². The third kappa shape index (κ3) is 3.12. The lowest BCUT2D eigenvalue weighted by Crippen LogP contribution is -2.32. The molecule has 1 fully saturated rings. The van der Waals surface area contributed by atoms with Crippen LogP contribution in [0.25, 0.3) is 0 Å². The number of nitrogens with zero attached hydrogens (tertiary/aromatic N) is 1. The van der Waals surface area contributed by atoms with Crippen LogP contribution in [-0.2, 0) is 9.84 Å². The largest absolute Gasteiger partial charge is 0.337 e. The first-order chi connectivity index (χ1) is 11.0. The Kier molecular flexibility index (Phi) is 4.17. The number of benzene rings is 2. The predicted molar refractivity (Wildman–Crippen MR) is 84.3 cm³/mol. The number of carbonyl (C=O) groups is 1. The summed E-state index contributed by atoms with van der Waals surface area (Å²) in [5.74, 6) is -0.821. The van der Waals surface area contributed by atoms with Crippen LogP contribution in [0.3, 0.4) is 0 Å². The molecule has 0 aromatic heterocycles. The van der Waals surface area contributed by atoms with Crippen LogP contribution in [0, 0.1) is 5.82 Å². The van der Waals surface area contributed by atoms with Crippen LogP contribution in [0.15, 0.2) is 59.5 Å². The molecule has 3 rings (SSSR count). The van der Waals surface area contributed by atoms with Crippen molar-refractivity contribution in [3.05, 3.63) is 66.0 Å². The Balaban J connectivity index is 1.77. The van der Waals surface area contributed by atoms with Gasteiger partial charge in [-0.15, -0.1) is 0 Å². The van der Waals surface area contributed by atoms with Crippen molar-refractivity contribution in [2.45, 2.75) is 16.6 Å². The standard InChI is InChI=1S/C17H16FNO3S/c18-14-6-4-5-13(11-14)17(20)19-10-9-16(12-19)23(21,22)15-7-2-1-3-8-15/h1-8,11,16H,9-10,12H2. The molecule has 0 radical (unpaired) electrons. The van der Waals surface area contributed by atoms with E-state index in [9.17, 15) is 17.6 Å². The maximum atomic E-state index is 13.2. The minimum atomic E-state index is -3.46. The molecule has 1 amide bonds. The Labute approximate surface area is 134 Å². The van der Waals surface area contributed by atoms with Gasteiger partial charge in [-0.1, -0.05) is 24.3 Å². The molecule has 6 heteroatoms. The number of rotatable bonds is 3. The van der Waals surface area contributed by atoms with E-state index in [1.807, 2.05) is 0 Å². The van der Waals surface area contributed by atoms with E-state index in [1.54, 1.807) is 30.3 Å². The Morgan fingerprint density at radius 1 is 1.09 bits per heavy atom. The first-order valence-corrected chi connectivity index (χ1v) is 8.87. The zero-order valence-electron chi connectivity index (χ0n) is 12.4. The average molecular weight is 333 g/mol. The van der Waals surface area contributed by atoms with E-state index in [2.05, 4.69) is 0 Å². The van der Waals surface area contributed by atoms with Crippen molar-refractivity contribution in [3.63, 3.8) is 0 Å². The SMILES string of the molecule is O=C(c1cccc(F)c1)N1CCC(S(=O)(=O)c2ccccc2)C1. The van der Waals surface area contributed by atoms with Crippen molar-refractivity contribution in [3.8, 4) is 0 Å². The fourth-order valence-electron chi connectivity index (χ4n) is 2.77. The van der Waals surface area contributed by atoms with Crippen LogP contribution in [-0.4, -0.2) is 37.6 Å². The van der Waals surface area contributed by atoms with E-state index in [4.69, 9.17) is 0 Å². The van der Waals surface area contributed by atoms with E-state index in [0.717, 1.165) is 0 Å². The summed E-state index contributed by atoms with van der Waals surface area (Å²) in [6, 6.07) is 13.7. The number of carbonyl (C=O) groups excluding carboxylic acids is 1. The Morgan fingerprint density at radius 3 is 2.52 bits per heavy atom. The summed E-state index contributed by atoms with van der Waals surface area (Å²) < 4.78 is 38.4. The Bertz CT molecular complexity index is 821. The Morgan fingerprint density at radius 2 is 1.83 bits per heavy atom. The summed E-state index contributed by atoms with van der Waals surface area (Å²) in [5.41, 5.74) is 0.239. The number of hydrogen-bond donors (Lipinski definition) is 0. The molecule has 2 aromatic carbocycles. The van der Waals surface area contributed by atoms with Gasteiger partial charge in [0, 0.05) is 18.7 Å². The van der Waals surface area contributed by atoms with E-state index in [1.165, 1.54) is 29.2 Å². The summed E-state index contributed by atoms with van der Waals surface area (Å²) in [5, 5.41) is -0.623. The molecule has 4 nitrogen and oxygen atoms in total. The predicted octanol–water partition coefficient (Wildman–Crippen LogP) is 2.51. The lowest BCUT2D eigenvalue weighted by atomic mass is 10.2. The highest BCUT2D eigenvalue weighted by Gasteiger charge is 2.36. The lowest BCUT2D eigenvalue weighted by molar-refractivity contribution is 0.0792. The molecule has 2 aromatic rings. The highest BCUT2D eigenvalue weighted by atomic mass is 32.2. The van der Waals surface area contributed by atoms with E-state index >= 15 is 0 Å². The first-order valence-electron chi connectivity index (χ1n) is 7.32. The first kappa shape index (κ1) is 15.7. The van der Waals surface area contributed by atoms with Gasteiger partial charge in [-0.05, 0) is 36.8 Å². The highest BCUT2D eigenvalue weighted by molar-refractivity contribution is 7.92. The molecule has 0 spiro atoms. The normalized spacial score (nSPS) is 18.1. The zero-order valence-corrected chi connectivity index (χ0v) is 13.2. The second-order valence-electron chi connectivity index (χ2n) is 5.53. The summed E-state index contributed by atoms with van der Waals surface area (Å²) in [7, 11) is -3.46. The number of hydrogen-bond acceptors (Lipinski definition) is 3. The lowest BCUT2D eigenvalue weighted by Gasteiger charge is -2.17. The molecule has 0 aliphatic carbocycles. The topological polar surface area (TPSA) is 54.5 Å².